The van der Waals surface area contributed by atoms with Crippen molar-refractivity contribution in [3.05, 3.63) is 28.8 Å². The molecule has 26 heavy (non-hydrogen) atoms. The van der Waals surface area contributed by atoms with E-state index in [1.807, 2.05) is 0 Å². The number of hydrazine groups is 1. The van der Waals surface area contributed by atoms with Crippen molar-refractivity contribution >= 4 is 33.1 Å². The fraction of sp³-hybridized carbons (Fsp3) is 0.429. The molecule has 0 bridgehead atoms. The molecule has 0 saturated carbocycles. The number of hydrogen-bond acceptors (Lipinski definition) is 6. The highest BCUT2D eigenvalue weighted by Gasteiger charge is 2.38. The van der Waals surface area contributed by atoms with Crippen LogP contribution >= 0.6 is 11.6 Å². The molecule has 2 N–H and O–H groups in total. The highest BCUT2D eigenvalue weighted by molar-refractivity contribution is 7.91. The highest BCUT2D eigenvalue weighted by Crippen LogP contribution is 2.35. The highest BCUT2D eigenvalue weighted by atomic mass is 35.5. The number of halogens is 4. The molecule has 0 fully saturated rings. The zero-order valence-corrected chi connectivity index (χ0v) is 15.3. The van der Waals surface area contributed by atoms with Crippen molar-refractivity contribution in [1.82, 2.24) is 15.0 Å². The summed E-state index contributed by atoms with van der Waals surface area (Å²) in [6.45, 7) is 3.21. The van der Waals surface area contributed by atoms with Gasteiger partial charge in [0.15, 0.2) is 21.5 Å². The van der Waals surface area contributed by atoms with Crippen molar-refractivity contribution < 1.29 is 21.6 Å². The van der Waals surface area contributed by atoms with Gasteiger partial charge in [0.2, 0.25) is 5.82 Å². The lowest BCUT2D eigenvalue weighted by Gasteiger charge is -2.35. The number of anilines is 2. The summed E-state index contributed by atoms with van der Waals surface area (Å²) in [5.41, 5.74) is 3.01. The molecule has 1 unspecified atom stereocenters. The molecule has 7 nitrogen and oxygen atoms in total. The van der Waals surface area contributed by atoms with Gasteiger partial charge in [-0.2, -0.15) is 13.2 Å². The van der Waals surface area contributed by atoms with E-state index in [-0.39, 0.29) is 39.6 Å². The zero-order valence-electron chi connectivity index (χ0n) is 13.7. The van der Waals surface area contributed by atoms with Gasteiger partial charge in [0, 0.05) is 6.42 Å². The maximum absolute atomic E-state index is 12.9. The Balaban J connectivity index is 2.06. The molecule has 0 radical (unpaired) electrons. The van der Waals surface area contributed by atoms with Crippen LogP contribution in [0.5, 0.6) is 0 Å². The number of aromatic nitrogens is 3. The Morgan fingerprint density at radius 2 is 2.04 bits per heavy atom. The second-order valence-corrected chi connectivity index (χ2v) is 8.44. The Morgan fingerprint density at radius 1 is 1.35 bits per heavy atom. The van der Waals surface area contributed by atoms with Gasteiger partial charge in [-0.15, -0.1) is 0 Å². The van der Waals surface area contributed by atoms with E-state index in [2.05, 4.69) is 20.4 Å². The molecule has 3 rings (SSSR count). The first-order valence-electron chi connectivity index (χ1n) is 7.64. The average Bonchev–Trinajstić information content (AvgIpc) is 2.96. The van der Waals surface area contributed by atoms with Gasteiger partial charge in [-0.05, 0) is 19.1 Å². The number of pyridine rings is 1. The third kappa shape index (κ3) is 3.32. The summed E-state index contributed by atoms with van der Waals surface area (Å²) in [7, 11) is -3.62. The summed E-state index contributed by atoms with van der Waals surface area (Å²) in [6, 6.07) is 2.28. The smallest absolute Gasteiger partial charge is 0.336 e. The molecule has 0 saturated heterocycles. The molecule has 1 atom stereocenters. The van der Waals surface area contributed by atoms with E-state index >= 15 is 0 Å². The largest absolute Gasteiger partial charge is 0.449 e. The number of nitrogens with zero attached hydrogens (tertiary/aromatic N) is 3. The molecular weight excluding hydrogens is 395 g/mol. The zero-order chi connectivity index (χ0) is 19.3. The van der Waals surface area contributed by atoms with Crippen LogP contribution < -0.4 is 10.4 Å². The van der Waals surface area contributed by atoms with Crippen LogP contribution in [0.15, 0.2) is 17.0 Å². The number of sulfone groups is 1. The van der Waals surface area contributed by atoms with E-state index in [0.29, 0.717) is 0 Å². The van der Waals surface area contributed by atoms with Crippen molar-refractivity contribution in [3.63, 3.8) is 0 Å². The quantitative estimate of drug-likeness (QED) is 0.757. The second kappa shape index (κ2) is 6.31. The molecule has 0 spiro atoms. The van der Waals surface area contributed by atoms with Gasteiger partial charge in [0.1, 0.15) is 10.0 Å². The number of imidazole rings is 1. The lowest BCUT2D eigenvalue weighted by Crippen LogP contribution is -2.44. The molecule has 2 aromatic heterocycles. The molecule has 2 aromatic rings. The van der Waals surface area contributed by atoms with Crippen LogP contribution in [0.3, 0.4) is 0 Å². The van der Waals surface area contributed by atoms with Crippen molar-refractivity contribution in [2.75, 3.05) is 16.2 Å². The first-order valence-corrected chi connectivity index (χ1v) is 9.67. The maximum atomic E-state index is 12.9. The third-order valence-corrected chi connectivity index (χ3v) is 5.92. The van der Waals surface area contributed by atoms with Crippen molar-refractivity contribution in [1.29, 1.82) is 0 Å². The summed E-state index contributed by atoms with van der Waals surface area (Å²) in [6.07, 6.45) is -4.43. The fourth-order valence-electron chi connectivity index (χ4n) is 2.64. The van der Waals surface area contributed by atoms with Gasteiger partial charge >= 0.3 is 6.18 Å². The Morgan fingerprint density at radius 3 is 2.65 bits per heavy atom. The van der Waals surface area contributed by atoms with E-state index < -0.39 is 27.9 Å². The number of nitrogens with one attached hydrogen (secondary N) is 2. The van der Waals surface area contributed by atoms with Crippen molar-refractivity contribution in [2.45, 2.75) is 37.4 Å². The standard InChI is InChI=1S/C14H15ClF3N5O2S/c1-3-26(24,25)9-4-5-10(15)20-12(9)23-7(2)6-8-11(22-23)21-13(19-8)14(16,17)18/h4-5,7,22H,3,6H2,1-2H3,(H,19,21). The third-order valence-electron chi connectivity index (χ3n) is 3.96. The molecule has 1 aliphatic rings. The van der Waals surface area contributed by atoms with Crippen LogP contribution in [0, 0.1) is 0 Å². The van der Waals surface area contributed by atoms with E-state index in [1.165, 1.54) is 24.1 Å². The van der Waals surface area contributed by atoms with Gasteiger partial charge in [0.25, 0.3) is 0 Å². The number of fused-ring (bicyclic) bond motifs is 1. The molecular formula is C14H15ClF3N5O2S. The van der Waals surface area contributed by atoms with Gasteiger partial charge < -0.3 is 4.98 Å². The SMILES string of the molecule is CCS(=O)(=O)c1ccc(Cl)nc1N1Nc2nc(C(F)(F)F)[nH]c2CC1C. The minimum Gasteiger partial charge on any atom is -0.336 e. The van der Waals surface area contributed by atoms with E-state index in [9.17, 15) is 21.6 Å². The van der Waals surface area contributed by atoms with E-state index in [1.54, 1.807) is 6.92 Å². The van der Waals surface area contributed by atoms with Crippen LogP contribution in [0.4, 0.5) is 24.8 Å². The molecule has 0 amide bonds. The van der Waals surface area contributed by atoms with Gasteiger partial charge in [-0.1, -0.05) is 18.5 Å². The fourth-order valence-corrected chi connectivity index (χ4v) is 3.79. The van der Waals surface area contributed by atoms with Crippen LogP contribution in [0.2, 0.25) is 5.15 Å². The first kappa shape index (κ1) is 18.8. The van der Waals surface area contributed by atoms with Gasteiger partial charge in [-0.3, -0.25) is 10.4 Å². The molecule has 0 aromatic carbocycles. The number of H-pyrrole nitrogens is 1. The predicted molar refractivity (Wildman–Crippen MR) is 89.8 cm³/mol. The molecule has 3 heterocycles. The number of hydrogen-bond donors (Lipinski definition) is 2. The maximum Gasteiger partial charge on any atom is 0.449 e. The van der Waals surface area contributed by atoms with E-state index in [0.717, 1.165) is 0 Å². The Bertz CT molecular complexity index is 945. The Labute approximate surface area is 152 Å². The average molecular weight is 410 g/mol. The van der Waals surface area contributed by atoms with Crippen molar-refractivity contribution in [3.8, 4) is 0 Å². The summed E-state index contributed by atoms with van der Waals surface area (Å²) >= 11 is 5.91. The monoisotopic (exact) mass is 409 g/mol. The van der Waals surface area contributed by atoms with Crippen LogP contribution in [0.25, 0.3) is 0 Å². The summed E-state index contributed by atoms with van der Waals surface area (Å²) < 4.78 is 63.3. The van der Waals surface area contributed by atoms with Crippen LogP contribution in [-0.2, 0) is 22.4 Å². The van der Waals surface area contributed by atoms with E-state index in [4.69, 9.17) is 11.6 Å². The summed E-state index contributed by atoms with van der Waals surface area (Å²) in [5, 5.41) is 1.44. The van der Waals surface area contributed by atoms with Crippen molar-refractivity contribution in [2.24, 2.45) is 0 Å². The van der Waals surface area contributed by atoms with Gasteiger partial charge in [0.05, 0.1) is 17.5 Å². The minimum atomic E-state index is -4.61. The van der Waals surface area contributed by atoms with Crippen LogP contribution in [-0.4, -0.2) is 35.2 Å². The minimum absolute atomic E-state index is 0.0223. The Hall–Kier alpha value is -2.01. The first-order chi connectivity index (χ1) is 12.0. The lowest BCUT2D eigenvalue weighted by atomic mass is 10.1. The number of aromatic amines is 1. The Kier molecular flexibility index (Phi) is 4.55. The molecule has 142 valence electrons. The second-order valence-electron chi connectivity index (χ2n) is 5.80. The molecule has 0 aliphatic carbocycles. The number of alkyl halides is 3. The summed E-state index contributed by atoms with van der Waals surface area (Å²) in [5.74, 6) is -1.28. The van der Waals surface area contributed by atoms with Gasteiger partial charge in [-0.25, -0.2) is 18.4 Å². The molecule has 12 heteroatoms. The number of rotatable bonds is 3. The lowest BCUT2D eigenvalue weighted by molar-refractivity contribution is -0.144. The van der Waals surface area contributed by atoms with Crippen LogP contribution in [0.1, 0.15) is 25.4 Å². The normalized spacial score (nSPS) is 17.8. The predicted octanol–water partition coefficient (Wildman–Crippen LogP) is 3.05. The molecule has 1 aliphatic heterocycles. The summed E-state index contributed by atoms with van der Waals surface area (Å²) in [4.78, 5) is 9.80. The topological polar surface area (TPSA) is 91.0 Å².